The van der Waals surface area contributed by atoms with Gasteiger partial charge in [0.2, 0.25) is 0 Å². The van der Waals surface area contributed by atoms with E-state index < -0.39 is 0 Å². The highest BCUT2D eigenvalue weighted by molar-refractivity contribution is 5.29. The Morgan fingerprint density at radius 3 is 2.35 bits per heavy atom. The number of rotatable bonds is 9. The van der Waals surface area contributed by atoms with Crippen molar-refractivity contribution in [3.8, 4) is 0 Å². The Hall–Kier alpha value is -0.860. The van der Waals surface area contributed by atoms with Crippen LogP contribution in [-0.4, -0.2) is 26.3 Å². The lowest BCUT2D eigenvalue weighted by Crippen LogP contribution is -2.34. The van der Waals surface area contributed by atoms with Crippen molar-refractivity contribution in [2.24, 2.45) is 5.92 Å². The molecule has 0 saturated heterocycles. The van der Waals surface area contributed by atoms with Gasteiger partial charge < -0.3 is 10.1 Å². The summed E-state index contributed by atoms with van der Waals surface area (Å²) in [5.41, 5.74) is 4.17. The Morgan fingerprint density at radius 1 is 1.15 bits per heavy atom. The van der Waals surface area contributed by atoms with Crippen LogP contribution in [-0.2, 0) is 11.2 Å². The van der Waals surface area contributed by atoms with E-state index in [4.69, 9.17) is 4.74 Å². The van der Waals surface area contributed by atoms with Gasteiger partial charge in [0.25, 0.3) is 0 Å². The molecule has 1 aromatic rings. The van der Waals surface area contributed by atoms with Gasteiger partial charge >= 0.3 is 0 Å². The predicted octanol–water partition coefficient (Wildman–Crippen LogP) is 3.89. The van der Waals surface area contributed by atoms with E-state index in [0.717, 1.165) is 19.6 Å². The van der Waals surface area contributed by atoms with E-state index in [0.29, 0.717) is 12.0 Å². The number of aryl methyl sites for hydroxylation is 2. The summed E-state index contributed by atoms with van der Waals surface area (Å²) in [7, 11) is 1.79. The van der Waals surface area contributed by atoms with Gasteiger partial charge in [-0.2, -0.15) is 0 Å². The largest absolute Gasteiger partial charge is 0.384 e. The molecule has 0 aromatic heterocycles. The second-order valence-electron chi connectivity index (χ2n) is 6.15. The highest BCUT2D eigenvalue weighted by atomic mass is 16.5. The van der Waals surface area contributed by atoms with E-state index in [-0.39, 0.29) is 0 Å². The molecule has 1 aromatic carbocycles. The number of methoxy groups -OCH3 is 1. The van der Waals surface area contributed by atoms with Crippen LogP contribution in [0.3, 0.4) is 0 Å². The van der Waals surface area contributed by atoms with Crippen molar-refractivity contribution < 1.29 is 4.74 Å². The van der Waals surface area contributed by atoms with Gasteiger partial charge in [-0.3, -0.25) is 0 Å². The van der Waals surface area contributed by atoms with Crippen LogP contribution in [0.25, 0.3) is 0 Å². The van der Waals surface area contributed by atoms with Gasteiger partial charge in [0.15, 0.2) is 0 Å². The first-order valence-corrected chi connectivity index (χ1v) is 7.84. The van der Waals surface area contributed by atoms with E-state index in [1.54, 1.807) is 7.11 Å². The van der Waals surface area contributed by atoms with Crippen molar-refractivity contribution in [1.82, 2.24) is 5.32 Å². The third kappa shape index (κ3) is 6.53. The van der Waals surface area contributed by atoms with E-state index in [2.05, 4.69) is 51.2 Å². The number of hydrogen-bond acceptors (Lipinski definition) is 2. The standard InChI is InChI=1S/C18H31NO/c1-6-7-19-18(11-16(4)13-20-5)12-17-9-14(2)8-15(3)10-17/h8-10,16,18-19H,6-7,11-13H2,1-5H3. The van der Waals surface area contributed by atoms with Gasteiger partial charge in [0, 0.05) is 19.8 Å². The molecule has 0 aliphatic rings. The van der Waals surface area contributed by atoms with E-state index >= 15 is 0 Å². The van der Waals surface area contributed by atoms with Crippen molar-refractivity contribution in [2.45, 2.75) is 53.0 Å². The molecular formula is C18H31NO. The molecule has 1 rings (SSSR count). The minimum atomic E-state index is 0.543. The van der Waals surface area contributed by atoms with Gasteiger partial charge in [-0.05, 0) is 51.1 Å². The summed E-state index contributed by atoms with van der Waals surface area (Å²) in [6.45, 7) is 10.8. The SMILES string of the molecule is CCCNC(Cc1cc(C)cc(C)c1)CC(C)COC. The Labute approximate surface area is 124 Å². The lowest BCUT2D eigenvalue weighted by Gasteiger charge is -2.22. The average molecular weight is 277 g/mol. The quantitative estimate of drug-likeness (QED) is 0.739. The Balaban J connectivity index is 2.67. The molecule has 0 fully saturated rings. The number of hydrogen-bond donors (Lipinski definition) is 1. The first-order chi connectivity index (χ1) is 9.55. The van der Waals surface area contributed by atoms with Crippen LogP contribution in [0.4, 0.5) is 0 Å². The van der Waals surface area contributed by atoms with Crippen LogP contribution >= 0.6 is 0 Å². The summed E-state index contributed by atoms with van der Waals surface area (Å²) in [5.74, 6) is 0.597. The zero-order valence-corrected chi connectivity index (χ0v) is 13.8. The van der Waals surface area contributed by atoms with Crippen LogP contribution in [0, 0.1) is 19.8 Å². The molecule has 2 atom stereocenters. The maximum absolute atomic E-state index is 5.27. The van der Waals surface area contributed by atoms with Gasteiger partial charge in [0.1, 0.15) is 0 Å². The summed E-state index contributed by atoms with van der Waals surface area (Å²) in [6.07, 6.45) is 3.46. The molecule has 0 heterocycles. The van der Waals surface area contributed by atoms with Crippen LogP contribution in [0.1, 0.15) is 43.4 Å². The van der Waals surface area contributed by atoms with E-state index in [9.17, 15) is 0 Å². The molecule has 20 heavy (non-hydrogen) atoms. The van der Waals surface area contributed by atoms with Crippen molar-refractivity contribution in [2.75, 3.05) is 20.3 Å². The van der Waals surface area contributed by atoms with Crippen LogP contribution in [0.15, 0.2) is 18.2 Å². The minimum absolute atomic E-state index is 0.543. The molecule has 0 aliphatic carbocycles. The third-order valence-corrected chi connectivity index (χ3v) is 3.58. The fourth-order valence-electron chi connectivity index (χ4n) is 2.90. The third-order valence-electron chi connectivity index (χ3n) is 3.58. The molecule has 0 aliphatic heterocycles. The molecule has 0 saturated carbocycles. The van der Waals surface area contributed by atoms with Crippen molar-refractivity contribution >= 4 is 0 Å². The Bertz CT molecular complexity index is 369. The van der Waals surface area contributed by atoms with Gasteiger partial charge in [-0.15, -0.1) is 0 Å². The fourth-order valence-corrected chi connectivity index (χ4v) is 2.90. The topological polar surface area (TPSA) is 21.3 Å². The van der Waals surface area contributed by atoms with Gasteiger partial charge in [-0.25, -0.2) is 0 Å². The first-order valence-electron chi connectivity index (χ1n) is 7.84. The van der Waals surface area contributed by atoms with Crippen LogP contribution in [0.2, 0.25) is 0 Å². The first kappa shape index (κ1) is 17.2. The van der Waals surface area contributed by atoms with Crippen LogP contribution < -0.4 is 5.32 Å². The Morgan fingerprint density at radius 2 is 1.80 bits per heavy atom. The molecule has 0 amide bonds. The van der Waals surface area contributed by atoms with Crippen molar-refractivity contribution in [1.29, 1.82) is 0 Å². The molecule has 0 bridgehead atoms. The number of ether oxygens (including phenoxy) is 1. The summed E-state index contributed by atoms with van der Waals surface area (Å²) < 4.78 is 5.27. The maximum atomic E-state index is 5.27. The monoisotopic (exact) mass is 277 g/mol. The molecule has 1 N–H and O–H groups in total. The molecule has 2 nitrogen and oxygen atoms in total. The number of benzene rings is 1. The summed E-state index contributed by atoms with van der Waals surface area (Å²) in [5, 5.41) is 3.69. The molecule has 2 heteroatoms. The van der Waals surface area contributed by atoms with Gasteiger partial charge in [-0.1, -0.05) is 43.2 Å². The Kier molecular flexibility index (Phi) is 7.86. The summed E-state index contributed by atoms with van der Waals surface area (Å²) in [4.78, 5) is 0. The molecule has 2 unspecified atom stereocenters. The summed E-state index contributed by atoms with van der Waals surface area (Å²) in [6, 6.07) is 7.41. The van der Waals surface area contributed by atoms with E-state index in [1.807, 2.05) is 0 Å². The molecular weight excluding hydrogens is 246 g/mol. The van der Waals surface area contributed by atoms with Crippen molar-refractivity contribution in [3.05, 3.63) is 34.9 Å². The maximum Gasteiger partial charge on any atom is 0.0488 e. The van der Waals surface area contributed by atoms with Crippen molar-refractivity contribution in [3.63, 3.8) is 0 Å². The van der Waals surface area contributed by atoms with Crippen LogP contribution in [0.5, 0.6) is 0 Å². The summed E-state index contributed by atoms with van der Waals surface area (Å²) >= 11 is 0. The highest BCUT2D eigenvalue weighted by Crippen LogP contribution is 2.15. The lowest BCUT2D eigenvalue weighted by molar-refractivity contribution is 0.149. The minimum Gasteiger partial charge on any atom is -0.384 e. The smallest absolute Gasteiger partial charge is 0.0488 e. The van der Waals surface area contributed by atoms with E-state index in [1.165, 1.54) is 29.5 Å². The number of nitrogens with one attached hydrogen (secondary N) is 1. The van der Waals surface area contributed by atoms with Gasteiger partial charge in [0.05, 0.1) is 0 Å². The molecule has 114 valence electrons. The average Bonchev–Trinajstić information content (AvgIpc) is 2.35. The normalized spacial score (nSPS) is 14.2. The molecule has 0 spiro atoms. The zero-order chi connectivity index (χ0) is 15.0. The fraction of sp³-hybridized carbons (Fsp3) is 0.667. The molecule has 0 radical (unpaired) electrons. The highest BCUT2D eigenvalue weighted by Gasteiger charge is 2.13. The second-order valence-corrected chi connectivity index (χ2v) is 6.15. The lowest BCUT2D eigenvalue weighted by atomic mass is 9.95. The second kappa shape index (κ2) is 9.15. The zero-order valence-electron chi connectivity index (χ0n) is 13.8. The predicted molar refractivity (Wildman–Crippen MR) is 87.4 cm³/mol.